The standard InChI is InChI=1S/C17H28N4O/c1-13(2)10-19-8-9-21-11-15(18-16(21)12-19)17(22)20-6-4-14(3)5-7-20/h11,13-14H,4-10,12H2,1-3H3. The molecule has 0 spiro atoms. The Morgan fingerprint density at radius 3 is 2.68 bits per heavy atom. The van der Waals surface area contributed by atoms with Gasteiger partial charge in [0.25, 0.3) is 5.91 Å². The summed E-state index contributed by atoms with van der Waals surface area (Å²) in [5.41, 5.74) is 0.635. The van der Waals surface area contributed by atoms with Gasteiger partial charge in [0, 0.05) is 38.9 Å². The first-order valence-corrected chi connectivity index (χ1v) is 8.60. The Morgan fingerprint density at radius 1 is 1.27 bits per heavy atom. The van der Waals surface area contributed by atoms with Crippen LogP contribution in [-0.4, -0.2) is 51.4 Å². The fourth-order valence-electron chi connectivity index (χ4n) is 3.45. The Hall–Kier alpha value is -1.36. The molecule has 1 amide bonds. The molecule has 5 heteroatoms. The average molecular weight is 304 g/mol. The lowest BCUT2D eigenvalue weighted by Crippen LogP contribution is -2.38. The molecule has 0 saturated carbocycles. The number of rotatable bonds is 3. The first kappa shape index (κ1) is 15.5. The highest BCUT2D eigenvalue weighted by molar-refractivity contribution is 5.92. The Labute approximate surface area is 133 Å². The summed E-state index contributed by atoms with van der Waals surface area (Å²) in [5.74, 6) is 2.56. The van der Waals surface area contributed by atoms with E-state index in [0.29, 0.717) is 11.6 Å². The molecule has 1 aromatic rings. The van der Waals surface area contributed by atoms with Crippen LogP contribution in [0, 0.1) is 11.8 Å². The van der Waals surface area contributed by atoms with E-state index in [0.717, 1.165) is 63.9 Å². The van der Waals surface area contributed by atoms with Crippen molar-refractivity contribution in [1.29, 1.82) is 0 Å². The van der Waals surface area contributed by atoms with Gasteiger partial charge in [-0.3, -0.25) is 9.69 Å². The molecule has 0 bridgehead atoms. The van der Waals surface area contributed by atoms with Crippen molar-refractivity contribution in [2.75, 3.05) is 26.2 Å². The third kappa shape index (κ3) is 3.35. The summed E-state index contributed by atoms with van der Waals surface area (Å²) in [6, 6.07) is 0. The van der Waals surface area contributed by atoms with E-state index >= 15 is 0 Å². The number of amides is 1. The second-order valence-corrected chi connectivity index (χ2v) is 7.34. The van der Waals surface area contributed by atoms with E-state index in [1.165, 1.54) is 0 Å². The lowest BCUT2D eigenvalue weighted by Gasteiger charge is -2.29. The van der Waals surface area contributed by atoms with Gasteiger partial charge in [-0.15, -0.1) is 0 Å². The number of imidazole rings is 1. The topological polar surface area (TPSA) is 41.4 Å². The van der Waals surface area contributed by atoms with Gasteiger partial charge in [-0.1, -0.05) is 20.8 Å². The minimum atomic E-state index is 0.115. The summed E-state index contributed by atoms with van der Waals surface area (Å²) in [7, 11) is 0. The number of carbonyl (C=O) groups is 1. The lowest BCUT2D eigenvalue weighted by molar-refractivity contribution is 0.0691. The van der Waals surface area contributed by atoms with Gasteiger partial charge in [0.1, 0.15) is 11.5 Å². The minimum Gasteiger partial charge on any atom is -0.337 e. The minimum absolute atomic E-state index is 0.115. The molecule has 2 aliphatic rings. The fraction of sp³-hybridized carbons (Fsp3) is 0.765. The summed E-state index contributed by atoms with van der Waals surface area (Å²) in [6.45, 7) is 12.5. The molecule has 1 saturated heterocycles. The average Bonchev–Trinajstić information content (AvgIpc) is 2.90. The highest BCUT2D eigenvalue weighted by atomic mass is 16.2. The SMILES string of the molecule is CC(C)CN1CCn2cc(C(=O)N3CCC(C)CC3)nc2C1. The number of likely N-dealkylation sites (tertiary alicyclic amines) is 1. The smallest absolute Gasteiger partial charge is 0.274 e. The highest BCUT2D eigenvalue weighted by Crippen LogP contribution is 2.19. The van der Waals surface area contributed by atoms with E-state index in [9.17, 15) is 4.79 Å². The molecule has 3 heterocycles. The predicted molar refractivity (Wildman–Crippen MR) is 86.6 cm³/mol. The van der Waals surface area contributed by atoms with Crippen LogP contribution < -0.4 is 0 Å². The molecular formula is C17H28N4O. The molecule has 2 aliphatic heterocycles. The van der Waals surface area contributed by atoms with Crippen molar-refractivity contribution in [2.24, 2.45) is 11.8 Å². The molecule has 1 fully saturated rings. The van der Waals surface area contributed by atoms with Crippen molar-refractivity contribution in [2.45, 2.75) is 46.7 Å². The second-order valence-electron chi connectivity index (χ2n) is 7.34. The zero-order chi connectivity index (χ0) is 15.7. The monoisotopic (exact) mass is 304 g/mol. The quantitative estimate of drug-likeness (QED) is 0.860. The number of hydrogen-bond acceptors (Lipinski definition) is 3. The number of fused-ring (bicyclic) bond motifs is 1. The lowest BCUT2D eigenvalue weighted by atomic mass is 9.99. The van der Waals surface area contributed by atoms with Gasteiger partial charge in [0.05, 0.1) is 6.54 Å². The molecule has 122 valence electrons. The van der Waals surface area contributed by atoms with Crippen LogP contribution in [0.15, 0.2) is 6.20 Å². The Bertz CT molecular complexity index is 529. The summed E-state index contributed by atoms with van der Waals surface area (Å²) < 4.78 is 2.16. The molecule has 0 N–H and O–H groups in total. The molecule has 3 rings (SSSR count). The predicted octanol–water partition coefficient (Wildman–Crippen LogP) is 2.23. The fourth-order valence-corrected chi connectivity index (χ4v) is 3.45. The Kier molecular flexibility index (Phi) is 4.52. The number of nitrogens with zero attached hydrogens (tertiary/aromatic N) is 4. The van der Waals surface area contributed by atoms with Crippen molar-refractivity contribution >= 4 is 5.91 Å². The van der Waals surface area contributed by atoms with Crippen LogP contribution in [0.25, 0.3) is 0 Å². The van der Waals surface area contributed by atoms with Crippen molar-refractivity contribution < 1.29 is 4.79 Å². The van der Waals surface area contributed by atoms with Gasteiger partial charge in [-0.2, -0.15) is 0 Å². The Morgan fingerprint density at radius 2 is 2.00 bits per heavy atom. The summed E-state index contributed by atoms with van der Waals surface area (Å²) >= 11 is 0. The first-order chi connectivity index (χ1) is 10.5. The van der Waals surface area contributed by atoms with Crippen LogP contribution in [0.3, 0.4) is 0 Å². The first-order valence-electron chi connectivity index (χ1n) is 8.60. The van der Waals surface area contributed by atoms with Gasteiger partial charge in [0.2, 0.25) is 0 Å². The molecule has 0 unspecified atom stereocenters. The summed E-state index contributed by atoms with van der Waals surface area (Å²) in [5, 5.41) is 0. The normalized spacial score (nSPS) is 20.5. The van der Waals surface area contributed by atoms with Crippen LogP contribution >= 0.6 is 0 Å². The second kappa shape index (κ2) is 6.41. The van der Waals surface area contributed by atoms with E-state index < -0.39 is 0 Å². The van der Waals surface area contributed by atoms with E-state index in [-0.39, 0.29) is 5.91 Å². The molecule has 22 heavy (non-hydrogen) atoms. The third-order valence-corrected chi connectivity index (χ3v) is 4.79. The molecular weight excluding hydrogens is 276 g/mol. The number of carbonyl (C=O) groups excluding carboxylic acids is 1. The largest absolute Gasteiger partial charge is 0.337 e. The van der Waals surface area contributed by atoms with Crippen LogP contribution in [0.4, 0.5) is 0 Å². The van der Waals surface area contributed by atoms with E-state index in [4.69, 9.17) is 0 Å². The maximum atomic E-state index is 12.6. The van der Waals surface area contributed by atoms with E-state index in [2.05, 4.69) is 35.2 Å². The van der Waals surface area contributed by atoms with Gasteiger partial charge in [0.15, 0.2) is 0 Å². The van der Waals surface area contributed by atoms with Crippen LogP contribution in [0.1, 0.15) is 49.9 Å². The van der Waals surface area contributed by atoms with Crippen molar-refractivity contribution in [3.63, 3.8) is 0 Å². The van der Waals surface area contributed by atoms with Crippen molar-refractivity contribution in [3.05, 3.63) is 17.7 Å². The highest BCUT2D eigenvalue weighted by Gasteiger charge is 2.26. The zero-order valence-electron chi connectivity index (χ0n) is 14.1. The van der Waals surface area contributed by atoms with Gasteiger partial charge in [-0.25, -0.2) is 4.98 Å². The van der Waals surface area contributed by atoms with Crippen molar-refractivity contribution in [1.82, 2.24) is 19.4 Å². The number of piperidine rings is 1. The molecule has 0 aliphatic carbocycles. The van der Waals surface area contributed by atoms with Gasteiger partial charge < -0.3 is 9.47 Å². The van der Waals surface area contributed by atoms with E-state index in [1.807, 2.05) is 11.1 Å². The maximum Gasteiger partial charge on any atom is 0.274 e. The molecule has 1 aromatic heterocycles. The number of hydrogen-bond donors (Lipinski definition) is 0. The maximum absolute atomic E-state index is 12.6. The molecule has 0 radical (unpaired) electrons. The third-order valence-electron chi connectivity index (χ3n) is 4.79. The van der Waals surface area contributed by atoms with Gasteiger partial charge in [-0.05, 0) is 24.7 Å². The molecule has 0 atom stereocenters. The van der Waals surface area contributed by atoms with Gasteiger partial charge >= 0.3 is 0 Å². The Balaban J connectivity index is 1.67. The van der Waals surface area contributed by atoms with E-state index in [1.54, 1.807) is 0 Å². The zero-order valence-corrected chi connectivity index (χ0v) is 14.1. The van der Waals surface area contributed by atoms with Crippen LogP contribution in [-0.2, 0) is 13.1 Å². The summed E-state index contributed by atoms with van der Waals surface area (Å²) in [6.07, 6.45) is 4.19. The summed E-state index contributed by atoms with van der Waals surface area (Å²) in [4.78, 5) is 21.7. The molecule has 0 aromatic carbocycles. The van der Waals surface area contributed by atoms with Crippen LogP contribution in [0.5, 0.6) is 0 Å². The molecule has 5 nitrogen and oxygen atoms in total. The van der Waals surface area contributed by atoms with Crippen molar-refractivity contribution in [3.8, 4) is 0 Å². The number of aromatic nitrogens is 2. The van der Waals surface area contributed by atoms with Crippen LogP contribution in [0.2, 0.25) is 0 Å².